The van der Waals surface area contributed by atoms with Crippen molar-refractivity contribution in [3.63, 3.8) is 0 Å². The van der Waals surface area contributed by atoms with Crippen LogP contribution in [-0.2, 0) is 0 Å². The number of hydrogen-bond donors (Lipinski definition) is 1. The summed E-state index contributed by atoms with van der Waals surface area (Å²) in [5.74, 6) is 0.00562. The van der Waals surface area contributed by atoms with Gasteiger partial charge in [0.1, 0.15) is 0 Å². The minimum absolute atomic E-state index is 0. The first-order valence-corrected chi connectivity index (χ1v) is 4.98. The summed E-state index contributed by atoms with van der Waals surface area (Å²) in [7, 11) is 1.74. The maximum absolute atomic E-state index is 11.7. The third-order valence-electron chi connectivity index (χ3n) is 2.03. The number of nitrogens with one attached hydrogen (secondary N) is 1. The number of likely N-dealkylation sites (N-methyl/N-ethyl adjacent to an activating group) is 1. The number of halogens is 3. The highest BCUT2D eigenvalue weighted by atomic mass is 35.5. The second-order valence-electron chi connectivity index (χ2n) is 3.00. The zero-order valence-corrected chi connectivity index (χ0v) is 10.7. The minimum Gasteiger partial charge on any atom is -0.310 e. The largest absolute Gasteiger partial charge is 0.310 e. The van der Waals surface area contributed by atoms with Crippen LogP contribution in [0.25, 0.3) is 0 Å². The summed E-state index contributed by atoms with van der Waals surface area (Å²) in [6, 6.07) is 4.66. The molecule has 2 nitrogen and oxygen atoms in total. The van der Waals surface area contributed by atoms with Crippen LogP contribution < -0.4 is 5.32 Å². The van der Waals surface area contributed by atoms with E-state index in [0.717, 1.165) is 0 Å². The Bertz CT molecular complexity index is 355. The Labute approximate surface area is 105 Å². The predicted octanol–water partition coefficient (Wildman–Crippen LogP) is 3.21. The van der Waals surface area contributed by atoms with Gasteiger partial charge in [0.2, 0.25) is 0 Å². The van der Waals surface area contributed by atoms with E-state index in [-0.39, 0.29) is 24.2 Å². The molecule has 1 aromatic rings. The van der Waals surface area contributed by atoms with E-state index in [1.165, 1.54) is 0 Å². The summed E-state index contributed by atoms with van der Waals surface area (Å²) in [5.41, 5.74) is 0.571. The zero-order valence-electron chi connectivity index (χ0n) is 8.38. The van der Waals surface area contributed by atoms with Crippen molar-refractivity contribution in [2.24, 2.45) is 0 Å². The highest BCUT2D eigenvalue weighted by Gasteiger charge is 2.13. The lowest BCUT2D eigenvalue weighted by molar-refractivity contribution is 0.0955. The van der Waals surface area contributed by atoms with E-state index in [1.807, 2.05) is 0 Å². The number of carbonyl (C=O) groups is 1. The van der Waals surface area contributed by atoms with Gasteiger partial charge in [-0.15, -0.1) is 12.4 Å². The first kappa shape index (κ1) is 14.7. The molecule has 15 heavy (non-hydrogen) atoms. The van der Waals surface area contributed by atoms with Gasteiger partial charge in [-0.2, -0.15) is 0 Å². The molecule has 0 spiro atoms. The molecule has 84 valence electrons. The van der Waals surface area contributed by atoms with E-state index in [0.29, 0.717) is 15.6 Å². The first-order valence-electron chi connectivity index (χ1n) is 4.22. The van der Waals surface area contributed by atoms with Crippen molar-refractivity contribution in [3.05, 3.63) is 33.8 Å². The highest BCUT2D eigenvalue weighted by molar-refractivity contribution is 6.42. The summed E-state index contributed by atoms with van der Waals surface area (Å²) < 4.78 is 0. The number of Topliss-reactive ketones (excluding diaryl/α,β-unsaturated/α-hetero) is 1. The first-order chi connectivity index (χ1) is 6.56. The van der Waals surface area contributed by atoms with E-state index < -0.39 is 0 Å². The molecule has 0 saturated carbocycles. The van der Waals surface area contributed by atoms with E-state index in [1.54, 1.807) is 32.2 Å². The molecule has 5 heteroatoms. The number of hydrogen-bond acceptors (Lipinski definition) is 2. The van der Waals surface area contributed by atoms with Crippen LogP contribution in [-0.4, -0.2) is 18.9 Å². The van der Waals surface area contributed by atoms with Crippen LogP contribution in [0.1, 0.15) is 17.3 Å². The van der Waals surface area contributed by atoms with Gasteiger partial charge in [-0.25, -0.2) is 0 Å². The van der Waals surface area contributed by atoms with Gasteiger partial charge in [-0.3, -0.25) is 4.79 Å². The molecule has 0 aliphatic carbocycles. The molecule has 1 unspecified atom stereocenters. The van der Waals surface area contributed by atoms with Crippen LogP contribution in [0.4, 0.5) is 0 Å². The summed E-state index contributed by atoms with van der Waals surface area (Å²) in [6.07, 6.45) is 0. The molecule has 0 radical (unpaired) electrons. The molecule has 0 fully saturated rings. The van der Waals surface area contributed by atoms with Crippen molar-refractivity contribution in [2.45, 2.75) is 13.0 Å². The van der Waals surface area contributed by atoms with Gasteiger partial charge < -0.3 is 5.32 Å². The van der Waals surface area contributed by atoms with Gasteiger partial charge in [0.05, 0.1) is 16.1 Å². The summed E-state index contributed by atoms with van der Waals surface area (Å²) in [6.45, 7) is 1.80. The van der Waals surface area contributed by atoms with Crippen LogP contribution in [0.5, 0.6) is 0 Å². The molecule has 0 aliphatic heterocycles. The van der Waals surface area contributed by atoms with E-state index in [9.17, 15) is 4.79 Å². The lowest BCUT2D eigenvalue weighted by atomic mass is 10.1. The van der Waals surface area contributed by atoms with Gasteiger partial charge in [0, 0.05) is 5.56 Å². The van der Waals surface area contributed by atoms with Crippen molar-refractivity contribution in [1.82, 2.24) is 5.32 Å². The fourth-order valence-corrected chi connectivity index (χ4v) is 1.33. The van der Waals surface area contributed by atoms with Gasteiger partial charge in [0.15, 0.2) is 5.78 Å². The average Bonchev–Trinajstić information content (AvgIpc) is 2.20. The maximum atomic E-state index is 11.7. The predicted molar refractivity (Wildman–Crippen MR) is 66.6 cm³/mol. The number of ketones is 1. The standard InChI is InChI=1S/C10H11Cl2NO.ClH/c1-6(13-2)10(14)7-3-4-8(11)9(12)5-7;/h3-6,13H,1-2H3;1H. The van der Waals surface area contributed by atoms with Crippen molar-refractivity contribution < 1.29 is 4.79 Å². The van der Waals surface area contributed by atoms with E-state index in [2.05, 4.69) is 5.32 Å². The molecule has 0 bridgehead atoms. The fraction of sp³-hybridized carbons (Fsp3) is 0.300. The van der Waals surface area contributed by atoms with Crippen LogP contribution in [0.3, 0.4) is 0 Å². The molecular formula is C10H12Cl3NO. The van der Waals surface area contributed by atoms with Gasteiger partial charge in [-0.05, 0) is 32.2 Å². The minimum atomic E-state index is -0.216. The third-order valence-corrected chi connectivity index (χ3v) is 2.77. The fourth-order valence-electron chi connectivity index (χ4n) is 1.03. The van der Waals surface area contributed by atoms with Gasteiger partial charge in [-0.1, -0.05) is 23.2 Å². The molecule has 0 saturated heterocycles. The van der Waals surface area contributed by atoms with E-state index >= 15 is 0 Å². The molecule has 0 amide bonds. The summed E-state index contributed by atoms with van der Waals surface area (Å²) in [5, 5.41) is 3.73. The van der Waals surface area contributed by atoms with Gasteiger partial charge in [0.25, 0.3) is 0 Å². The maximum Gasteiger partial charge on any atom is 0.179 e. The Morgan fingerprint density at radius 1 is 1.33 bits per heavy atom. The lowest BCUT2D eigenvalue weighted by Gasteiger charge is -2.09. The average molecular weight is 269 g/mol. The second kappa shape index (κ2) is 6.33. The second-order valence-corrected chi connectivity index (χ2v) is 3.82. The molecule has 0 heterocycles. The molecular weight excluding hydrogens is 256 g/mol. The Morgan fingerprint density at radius 3 is 2.40 bits per heavy atom. The monoisotopic (exact) mass is 267 g/mol. The van der Waals surface area contributed by atoms with Crippen molar-refractivity contribution in [2.75, 3.05) is 7.05 Å². The van der Waals surface area contributed by atoms with Crippen molar-refractivity contribution in [1.29, 1.82) is 0 Å². The topological polar surface area (TPSA) is 29.1 Å². The Kier molecular flexibility index (Phi) is 6.22. The van der Waals surface area contributed by atoms with Crippen LogP contribution in [0.2, 0.25) is 10.0 Å². The summed E-state index contributed by atoms with van der Waals surface area (Å²) >= 11 is 11.5. The normalized spacial score (nSPS) is 11.7. The molecule has 1 N–H and O–H groups in total. The van der Waals surface area contributed by atoms with Crippen LogP contribution in [0, 0.1) is 0 Å². The lowest BCUT2D eigenvalue weighted by Crippen LogP contribution is -2.30. The van der Waals surface area contributed by atoms with Crippen molar-refractivity contribution >= 4 is 41.4 Å². The zero-order chi connectivity index (χ0) is 10.7. The SMILES string of the molecule is CNC(C)C(=O)c1ccc(Cl)c(Cl)c1.Cl. The number of benzene rings is 1. The molecule has 1 aromatic carbocycles. The van der Waals surface area contributed by atoms with Crippen molar-refractivity contribution in [3.8, 4) is 0 Å². The Hall–Kier alpha value is -0.280. The molecule has 1 rings (SSSR count). The number of rotatable bonds is 3. The van der Waals surface area contributed by atoms with E-state index in [4.69, 9.17) is 23.2 Å². The van der Waals surface area contributed by atoms with Crippen LogP contribution in [0.15, 0.2) is 18.2 Å². The molecule has 0 aliphatic rings. The smallest absolute Gasteiger partial charge is 0.179 e. The molecule has 0 aromatic heterocycles. The third kappa shape index (κ3) is 3.65. The highest BCUT2D eigenvalue weighted by Crippen LogP contribution is 2.23. The quantitative estimate of drug-likeness (QED) is 0.853. The Balaban J connectivity index is 0.00000196. The van der Waals surface area contributed by atoms with Crippen LogP contribution >= 0.6 is 35.6 Å². The summed E-state index contributed by atoms with van der Waals surface area (Å²) in [4.78, 5) is 11.7. The number of carbonyl (C=O) groups excluding carboxylic acids is 1. The molecule has 1 atom stereocenters. The Morgan fingerprint density at radius 2 is 1.93 bits per heavy atom. The van der Waals surface area contributed by atoms with Gasteiger partial charge >= 0.3 is 0 Å².